The number of rotatable bonds is 4. The fourth-order valence-corrected chi connectivity index (χ4v) is 1.80. The summed E-state index contributed by atoms with van der Waals surface area (Å²) in [5.74, 6) is 0.963. The predicted octanol–water partition coefficient (Wildman–Crippen LogP) is 2.88. The van der Waals surface area contributed by atoms with E-state index in [0.29, 0.717) is 6.04 Å². The van der Waals surface area contributed by atoms with Crippen molar-refractivity contribution < 1.29 is 0 Å². The van der Waals surface area contributed by atoms with Crippen LogP contribution in [0.3, 0.4) is 0 Å². The molecule has 0 bridgehead atoms. The molecule has 0 radical (unpaired) electrons. The van der Waals surface area contributed by atoms with Crippen molar-refractivity contribution in [1.29, 1.82) is 0 Å². The Morgan fingerprint density at radius 3 is 2.53 bits per heavy atom. The van der Waals surface area contributed by atoms with Crippen molar-refractivity contribution in [3.8, 4) is 0 Å². The van der Waals surface area contributed by atoms with E-state index >= 15 is 0 Å². The highest BCUT2D eigenvalue weighted by Gasteiger charge is 2.05. The number of H-pyrrole nitrogens is 1. The molecule has 0 unspecified atom stereocenters. The number of nitrogens with one attached hydrogen (secondary N) is 2. The van der Waals surface area contributed by atoms with Gasteiger partial charge in [-0.3, -0.25) is 0 Å². The van der Waals surface area contributed by atoms with Gasteiger partial charge in [0, 0.05) is 24.5 Å². The van der Waals surface area contributed by atoms with Crippen molar-refractivity contribution in [3.05, 3.63) is 53.1 Å². The van der Waals surface area contributed by atoms with Gasteiger partial charge in [0.05, 0.1) is 0 Å². The SMILES string of the molecule is Cc1ccc([C@@H](C)NCc2cnc(C)[nH]2)cc1. The zero-order valence-corrected chi connectivity index (χ0v) is 10.6. The number of aryl methyl sites for hydroxylation is 2. The van der Waals surface area contributed by atoms with Crippen molar-refractivity contribution in [3.63, 3.8) is 0 Å². The van der Waals surface area contributed by atoms with Crippen LogP contribution in [0.5, 0.6) is 0 Å². The van der Waals surface area contributed by atoms with Crippen LogP contribution in [0.4, 0.5) is 0 Å². The molecule has 0 amide bonds. The Hall–Kier alpha value is -1.61. The summed E-state index contributed by atoms with van der Waals surface area (Å²) in [6.07, 6.45) is 1.88. The molecule has 2 N–H and O–H groups in total. The Balaban J connectivity index is 1.93. The molecule has 0 aliphatic rings. The lowest BCUT2D eigenvalue weighted by Gasteiger charge is -2.13. The molecule has 90 valence electrons. The van der Waals surface area contributed by atoms with Gasteiger partial charge in [-0.25, -0.2) is 4.98 Å². The normalized spacial score (nSPS) is 12.6. The summed E-state index contributed by atoms with van der Waals surface area (Å²) in [7, 11) is 0. The van der Waals surface area contributed by atoms with Crippen molar-refractivity contribution in [2.75, 3.05) is 0 Å². The predicted molar refractivity (Wildman–Crippen MR) is 69.8 cm³/mol. The summed E-state index contributed by atoms with van der Waals surface area (Å²) in [5.41, 5.74) is 3.73. The second kappa shape index (κ2) is 5.15. The Morgan fingerprint density at radius 2 is 1.94 bits per heavy atom. The molecule has 1 aromatic carbocycles. The first-order valence-corrected chi connectivity index (χ1v) is 5.95. The first-order valence-electron chi connectivity index (χ1n) is 5.95. The number of aromatic amines is 1. The van der Waals surface area contributed by atoms with E-state index in [2.05, 4.69) is 53.4 Å². The highest BCUT2D eigenvalue weighted by atomic mass is 15.0. The minimum atomic E-state index is 0.346. The van der Waals surface area contributed by atoms with E-state index in [1.807, 2.05) is 13.1 Å². The third-order valence-electron chi connectivity index (χ3n) is 2.93. The second-order valence-corrected chi connectivity index (χ2v) is 4.51. The molecule has 0 saturated heterocycles. The molecular formula is C14H19N3. The summed E-state index contributed by atoms with van der Waals surface area (Å²) in [5, 5.41) is 3.48. The van der Waals surface area contributed by atoms with Crippen LogP contribution < -0.4 is 5.32 Å². The summed E-state index contributed by atoms with van der Waals surface area (Å²) in [6.45, 7) is 7.06. The van der Waals surface area contributed by atoms with E-state index in [9.17, 15) is 0 Å². The quantitative estimate of drug-likeness (QED) is 0.846. The molecule has 0 aliphatic carbocycles. The van der Waals surface area contributed by atoms with Gasteiger partial charge in [0.25, 0.3) is 0 Å². The molecule has 0 fully saturated rings. The van der Waals surface area contributed by atoms with Crippen LogP contribution >= 0.6 is 0 Å². The van der Waals surface area contributed by atoms with E-state index < -0.39 is 0 Å². The average Bonchev–Trinajstić information content (AvgIpc) is 2.73. The third-order valence-corrected chi connectivity index (χ3v) is 2.93. The van der Waals surface area contributed by atoms with E-state index in [4.69, 9.17) is 0 Å². The Kier molecular flexibility index (Phi) is 3.59. The number of aromatic nitrogens is 2. The van der Waals surface area contributed by atoms with E-state index in [0.717, 1.165) is 18.1 Å². The topological polar surface area (TPSA) is 40.7 Å². The Labute approximate surface area is 102 Å². The molecule has 17 heavy (non-hydrogen) atoms. The molecule has 2 rings (SSSR count). The van der Waals surface area contributed by atoms with Crippen LogP contribution in [0.2, 0.25) is 0 Å². The zero-order chi connectivity index (χ0) is 12.3. The van der Waals surface area contributed by atoms with Gasteiger partial charge in [0.2, 0.25) is 0 Å². The van der Waals surface area contributed by atoms with Crippen molar-refractivity contribution in [1.82, 2.24) is 15.3 Å². The van der Waals surface area contributed by atoms with Gasteiger partial charge in [0.1, 0.15) is 5.82 Å². The number of benzene rings is 1. The van der Waals surface area contributed by atoms with Crippen LogP contribution in [0.15, 0.2) is 30.5 Å². The molecule has 3 nitrogen and oxygen atoms in total. The zero-order valence-electron chi connectivity index (χ0n) is 10.6. The van der Waals surface area contributed by atoms with E-state index in [1.165, 1.54) is 11.1 Å². The molecule has 0 spiro atoms. The van der Waals surface area contributed by atoms with Crippen LogP contribution in [-0.2, 0) is 6.54 Å². The highest BCUT2D eigenvalue weighted by Crippen LogP contribution is 2.13. The van der Waals surface area contributed by atoms with E-state index in [1.54, 1.807) is 0 Å². The molecular weight excluding hydrogens is 210 g/mol. The second-order valence-electron chi connectivity index (χ2n) is 4.51. The van der Waals surface area contributed by atoms with Gasteiger partial charge in [-0.15, -0.1) is 0 Å². The summed E-state index contributed by atoms with van der Waals surface area (Å²) >= 11 is 0. The monoisotopic (exact) mass is 229 g/mol. The molecule has 3 heteroatoms. The lowest BCUT2D eigenvalue weighted by Crippen LogP contribution is -2.18. The number of hydrogen-bond acceptors (Lipinski definition) is 2. The molecule has 0 saturated carbocycles. The number of nitrogens with zero attached hydrogens (tertiary/aromatic N) is 1. The van der Waals surface area contributed by atoms with Crippen LogP contribution in [0, 0.1) is 13.8 Å². The summed E-state index contributed by atoms with van der Waals surface area (Å²) < 4.78 is 0. The lowest BCUT2D eigenvalue weighted by atomic mass is 10.1. The van der Waals surface area contributed by atoms with Gasteiger partial charge in [-0.05, 0) is 26.3 Å². The van der Waals surface area contributed by atoms with Crippen LogP contribution in [0.25, 0.3) is 0 Å². The minimum Gasteiger partial charge on any atom is -0.345 e. The third kappa shape index (κ3) is 3.17. The first-order chi connectivity index (χ1) is 8.15. The fourth-order valence-electron chi connectivity index (χ4n) is 1.80. The van der Waals surface area contributed by atoms with Gasteiger partial charge in [-0.1, -0.05) is 29.8 Å². The Morgan fingerprint density at radius 1 is 1.24 bits per heavy atom. The molecule has 0 aliphatic heterocycles. The molecule has 2 aromatic rings. The number of imidazole rings is 1. The maximum absolute atomic E-state index is 4.18. The maximum Gasteiger partial charge on any atom is 0.103 e. The standard InChI is InChI=1S/C14H19N3/c1-10-4-6-13(7-5-10)11(2)15-8-14-9-16-12(3)17-14/h4-7,9,11,15H,8H2,1-3H3,(H,16,17)/t11-/m1/s1. The largest absolute Gasteiger partial charge is 0.345 e. The van der Waals surface area contributed by atoms with Gasteiger partial charge in [-0.2, -0.15) is 0 Å². The summed E-state index contributed by atoms with van der Waals surface area (Å²) in [6, 6.07) is 8.98. The maximum atomic E-state index is 4.18. The van der Waals surface area contributed by atoms with Crippen molar-refractivity contribution >= 4 is 0 Å². The van der Waals surface area contributed by atoms with Crippen LogP contribution in [0.1, 0.15) is 35.6 Å². The van der Waals surface area contributed by atoms with Crippen molar-refractivity contribution in [2.24, 2.45) is 0 Å². The smallest absolute Gasteiger partial charge is 0.103 e. The van der Waals surface area contributed by atoms with Gasteiger partial charge in [0.15, 0.2) is 0 Å². The molecule has 1 heterocycles. The molecule has 1 atom stereocenters. The molecule has 1 aromatic heterocycles. The summed E-state index contributed by atoms with van der Waals surface area (Å²) in [4.78, 5) is 7.40. The van der Waals surface area contributed by atoms with Gasteiger partial charge < -0.3 is 10.3 Å². The minimum absolute atomic E-state index is 0.346. The first kappa shape index (κ1) is 11.9. The Bertz CT molecular complexity index is 470. The van der Waals surface area contributed by atoms with Gasteiger partial charge >= 0.3 is 0 Å². The lowest BCUT2D eigenvalue weighted by molar-refractivity contribution is 0.568. The number of hydrogen-bond donors (Lipinski definition) is 2. The highest BCUT2D eigenvalue weighted by molar-refractivity contribution is 5.23. The van der Waals surface area contributed by atoms with Crippen molar-refractivity contribution in [2.45, 2.75) is 33.4 Å². The fraction of sp³-hybridized carbons (Fsp3) is 0.357. The van der Waals surface area contributed by atoms with E-state index in [-0.39, 0.29) is 0 Å². The van der Waals surface area contributed by atoms with Crippen LogP contribution in [-0.4, -0.2) is 9.97 Å². The average molecular weight is 229 g/mol.